The number of sulfonamides is 1. The van der Waals surface area contributed by atoms with E-state index in [0.717, 1.165) is 45.0 Å². The Bertz CT molecular complexity index is 1300. The number of benzene rings is 3. The first-order valence-electron chi connectivity index (χ1n) is 11.8. The smallest absolute Gasteiger partial charge is 0.264 e. The normalized spacial score (nSPS) is 12.0. The van der Waals surface area contributed by atoms with Crippen LogP contribution in [0.15, 0.2) is 88.2 Å². The highest BCUT2D eigenvalue weighted by molar-refractivity contribution is 9.10. The van der Waals surface area contributed by atoms with Crippen LogP contribution < -0.4 is 9.62 Å². The van der Waals surface area contributed by atoms with Crippen molar-refractivity contribution in [3.63, 3.8) is 0 Å². The topological polar surface area (TPSA) is 86.8 Å². The van der Waals surface area contributed by atoms with Gasteiger partial charge in [0.25, 0.3) is 10.0 Å². The Labute approximate surface area is 225 Å². The second-order valence-electron chi connectivity index (χ2n) is 8.42. The largest absolute Gasteiger partial charge is 0.354 e. The third kappa shape index (κ3) is 7.39. The van der Waals surface area contributed by atoms with Crippen molar-refractivity contribution in [2.24, 2.45) is 0 Å². The fraction of sp³-hybridized carbons (Fsp3) is 0.259. The second kappa shape index (κ2) is 12.8. The summed E-state index contributed by atoms with van der Waals surface area (Å²) in [6, 6.07) is 19.1. The maximum Gasteiger partial charge on any atom is 0.264 e. The van der Waals surface area contributed by atoms with E-state index < -0.39 is 34.3 Å². The molecule has 3 aromatic rings. The Kier molecular flexibility index (Phi) is 9.82. The first-order valence-corrected chi connectivity index (χ1v) is 14.0. The van der Waals surface area contributed by atoms with E-state index in [1.165, 1.54) is 4.90 Å². The number of anilines is 1. The molecule has 0 bridgehead atoms. The molecular formula is C27H29BrFN3O4S. The lowest BCUT2D eigenvalue weighted by Gasteiger charge is -2.32. The summed E-state index contributed by atoms with van der Waals surface area (Å²) < 4.78 is 42.5. The Morgan fingerprint density at radius 1 is 0.973 bits per heavy atom. The maximum absolute atomic E-state index is 13.7. The summed E-state index contributed by atoms with van der Waals surface area (Å²) in [5.41, 5.74) is 1.05. The van der Waals surface area contributed by atoms with Gasteiger partial charge in [0.1, 0.15) is 18.4 Å². The molecule has 1 N–H and O–H groups in total. The fourth-order valence-electron chi connectivity index (χ4n) is 3.62. The summed E-state index contributed by atoms with van der Waals surface area (Å²) in [6.07, 6.45) is 0.733. The van der Waals surface area contributed by atoms with Crippen molar-refractivity contribution in [3.8, 4) is 0 Å². The van der Waals surface area contributed by atoms with Gasteiger partial charge in [-0.15, -0.1) is 0 Å². The highest BCUT2D eigenvalue weighted by Gasteiger charge is 2.32. The van der Waals surface area contributed by atoms with Gasteiger partial charge in [-0.25, -0.2) is 12.8 Å². The number of para-hydroxylation sites is 1. The number of halogens is 2. The lowest BCUT2D eigenvalue weighted by molar-refractivity contribution is -0.139. The number of carbonyl (C=O) groups excluding carboxylic acids is 2. The van der Waals surface area contributed by atoms with Crippen LogP contribution in [0.25, 0.3) is 0 Å². The molecule has 3 rings (SSSR count). The zero-order chi connectivity index (χ0) is 27.0. The average molecular weight is 591 g/mol. The fourth-order valence-corrected chi connectivity index (χ4v) is 5.30. The molecule has 0 saturated carbocycles. The van der Waals surface area contributed by atoms with Crippen molar-refractivity contribution in [2.45, 2.75) is 37.8 Å². The van der Waals surface area contributed by atoms with E-state index >= 15 is 0 Å². The van der Waals surface area contributed by atoms with Gasteiger partial charge in [0.15, 0.2) is 0 Å². The lowest BCUT2D eigenvalue weighted by atomic mass is 10.1. The molecule has 0 saturated heterocycles. The van der Waals surface area contributed by atoms with E-state index in [1.54, 1.807) is 37.3 Å². The molecule has 0 aliphatic heterocycles. The minimum Gasteiger partial charge on any atom is -0.354 e. The molecule has 1 unspecified atom stereocenters. The highest BCUT2D eigenvalue weighted by Crippen LogP contribution is 2.24. The van der Waals surface area contributed by atoms with Crippen LogP contribution in [0.2, 0.25) is 0 Å². The summed E-state index contributed by atoms with van der Waals surface area (Å²) in [5.74, 6) is -1.47. The Morgan fingerprint density at radius 2 is 1.59 bits per heavy atom. The second-order valence-corrected chi connectivity index (χ2v) is 11.2. The molecule has 0 aliphatic rings. The van der Waals surface area contributed by atoms with Crippen LogP contribution in [0.1, 0.15) is 25.8 Å². The molecule has 0 heterocycles. The standard InChI is InChI=1S/C27H29BrFN3O4S/c1-3-17-30-27(34)20(2)31(18-21-9-11-22(28)12-10-21)26(33)19-32(24-7-5-4-6-8-24)37(35,36)25-15-13-23(29)14-16-25/h4-16,20H,3,17-19H2,1-2H3,(H,30,34). The molecule has 1 atom stereocenters. The zero-order valence-electron chi connectivity index (χ0n) is 20.6. The third-order valence-electron chi connectivity index (χ3n) is 5.71. The number of nitrogens with zero attached hydrogens (tertiary/aromatic N) is 2. The van der Waals surface area contributed by atoms with Gasteiger partial charge in [0.2, 0.25) is 11.8 Å². The summed E-state index contributed by atoms with van der Waals surface area (Å²) in [7, 11) is -4.23. The van der Waals surface area contributed by atoms with Crippen LogP contribution in [0.4, 0.5) is 10.1 Å². The first-order chi connectivity index (χ1) is 17.6. The van der Waals surface area contributed by atoms with E-state index in [0.29, 0.717) is 6.54 Å². The lowest BCUT2D eigenvalue weighted by Crippen LogP contribution is -2.51. The van der Waals surface area contributed by atoms with Crippen molar-refractivity contribution < 1.29 is 22.4 Å². The van der Waals surface area contributed by atoms with Gasteiger partial charge >= 0.3 is 0 Å². The maximum atomic E-state index is 13.7. The molecular weight excluding hydrogens is 561 g/mol. The Balaban J connectivity index is 1.98. The molecule has 0 spiro atoms. The van der Waals surface area contributed by atoms with Crippen molar-refractivity contribution in [3.05, 3.63) is 94.7 Å². The minimum absolute atomic E-state index is 0.103. The van der Waals surface area contributed by atoms with Gasteiger partial charge in [-0.05, 0) is 67.4 Å². The van der Waals surface area contributed by atoms with Crippen molar-refractivity contribution in [2.75, 3.05) is 17.4 Å². The predicted molar refractivity (Wildman–Crippen MR) is 145 cm³/mol. The van der Waals surface area contributed by atoms with E-state index in [2.05, 4.69) is 21.2 Å². The van der Waals surface area contributed by atoms with Crippen LogP contribution in [-0.2, 0) is 26.2 Å². The highest BCUT2D eigenvalue weighted by atomic mass is 79.9. The van der Waals surface area contributed by atoms with Crippen LogP contribution in [0.5, 0.6) is 0 Å². The molecule has 0 radical (unpaired) electrons. The minimum atomic E-state index is -4.23. The number of hydrogen-bond donors (Lipinski definition) is 1. The molecule has 0 aromatic heterocycles. The zero-order valence-corrected chi connectivity index (χ0v) is 23.0. The molecule has 196 valence electrons. The summed E-state index contributed by atoms with van der Waals surface area (Å²) in [6.45, 7) is 3.55. The number of amides is 2. The predicted octanol–water partition coefficient (Wildman–Crippen LogP) is 4.73. The number of carbonyl (C=O) groups is 2. The van der Waals surface area contributed by atoms with Crippen LogP contribution in [0.3, 0.4) is 0 Å². The van der Waals surface area contributed by atoms with Crippen LogP contribution in [0, 0.1) is 5.82 Å². The SMILES string of the molecule is CCCNC(=O)C(C)N(Cc1ccc(Br)cc1)C(=O)CN(c1ccccc1)S(=O)(=O)c1ccc(F)cc1. The molecule has 3 aromatic carbocycles. The summed E-state index contributed by atoms with van der Waals surface area (Å²) in [5, 5.41) is 2.80. The van der Waals surface area contributed by atoms with Gasteiger partial charge < -0.3 is 10.2 Å². The summed E-state index contributed by atoms with van der Waals surface area (Å²) >= 11 is 3.39. The van der Waals surface area contributed by atoms with E-state index in [1.807, 2.05) is 31.2 Å². The monoisotopic (exact) mass is 589 g/mol. The first kappa shape index (κ1) is 28.3. The van der Waals surface area contributed by atoms with Gasteiger partial charge in [0.05, 0.1) is 10.6 Å². The third-order valence-corrected chi connectivity index (χ3v) is 8.02. The van der Waals surface area contributed by atoms with Crippen molar-refractivity contribution in [1.29, 1.82) is 0 Å². The molecule has 0 aliphatic carbocycles. The molecule has 10 heteroatoms. The van der Waals surface area contributed by atoms with Gasteiger partial charge in [0, 0.05) is 17.6 Å². The van der Waals surface area contributed by atoms with Crippen molar-refractivity contribution in [1.82, 2.24) is 10.2 Å². The number of hydrogen-bond acceptors (Lipinski definition) is 4. The Morgan fingerprint density at radius 3 is 2.19 bits per heavy atom. The molecule has 7 nitrogen and oxygen atoms in total. The van der Waals surface area contributed by atoms with Gasteiger partial charge in [-0.3, -0.25) is 13.9 Å². The van der Waals surface area contributed by atoms with E-state index in [-0.39, 0.29) is 23.0 Å². The molecule has 0 fully saturated rings. The van der Waals surface area contributed by atoms with E-state index in [9.17, 15) is 22.4 Å². The van der Waals surface area contributed by atoms with E-state index in [4.69, 9.17) is 0 Å². The van der Waals surface area contributed by atoms with Crippen LogP contribution >= 0.6 is 15.9 Å². The average Bonchev–Trinajstić information content (AvgIpc) is 2.90. The Hall–Kier alpha value is -3.24. The van der Waals surface area contributed by atoms with Crippen molar-refractivity contribution >= 4 is 43.5 Å². The quantitative estimate of drug-likeness (QED) is 0.350. The van der Waals surface area contributed by atoms with Crippen LogP contribution in [-0.4, -0.2) is 44.3 Å². The molecule has 37 heavy (non-hydrogen) atoms. The number of rotatable bonds is 11. The number of nitrogens with one attached hydrogen (secondary N) is 1. The molecule has 2 amide bonds. The van der Waals surface area contributed by atoms with Gasteiger partial charge in [-0.2, -0.15) is 0 Å². The van der Waals surface area contributed by atoms with Gasteiger partial charge in [-0.1, -0.05) is 53.2 Å². The summed E-state index contributed by atoms with van der Waals surface area (Å²) in [4.78, 5) is 27.8.